The molecule has 4 aliphatic carbocycles. The first kappa shape index (κ1) is 17.9. The van der Waals surface area contributed by atoms with Crippen molar-refractivity contribution in [2.75, 3.05) is 50.8 Å². The third kappa shape index (κ3) is 3.51. The van der Waals surface area contributed by atoms with Crippen molar-refractivity contribution >= 4 is 5.82 Å². The van der Waals surface area contributed by atoms with Gasteiger partial charge in [0.2, 0.25) is 0 Å². The summed E-state index contributed by atoms with van der Waals surface area (Å²) in [6, 6.07) is 0. The molecule has 1 aromatic rings. The summed E-state index contributed by atoms with van der Waals surface area (Å²) in [4.78, 5) is 4.95. The summed E-state index contributed by atoms with van der Waals surface area (Å²) in [6.07, 6.45) is 11.9. The minimum absolute atomic E-state index is 0.280. The molecular formula is C21H35N5O. The highest BCUT2D eigenvalue weighted by molar-refractivity contribution is 5.35. The molecule has 1 aliphatic heterocycles. The number of morpholine rings is 1. The Morgan fingerprint density at radius 1 is 1.07 bits per heavy atom. The van der Waals surface area contributed by atoms with Crippen LogP contribution in [0.1, 0.15) is 51.9 Å². The molecule has 0 unspecified atom stereocenters. The van der Waals surface area contributed by atoms with Crippen LogP contribution in [0.2, 0.25) is 0 Å². The standard InChI is InChI=1S/C21H35N5O/c1-2-3-25(5-4-24-6-8-27-9-7-24)20-16-26(23-22-20)21-13-17-10-18(14-21)12-19(11-17)15-21/h16-19H,2-15H2,1H3. The van der Waals surface area contributed by atoms with Gasteiger partial charge in [0.25, 0.3) is 0 Å². The molecule has 1 saturated heterocycles. The molecule has 5 fully saturated rings. The molecule has 5 aliphatic rings. The van der Waals surface area contributed by atoms with E-state index in [1.54, 1.807) is 0 Å². The zero-order valence-electron chi connectivity index (χ0n) is 16.9. The van der Waals surface area contributed by atoms with Gasteiger partial charge in [0.05, 0.1) is 24.9 Å². The molecular weight excluding hydrogens is 338 g/mol. The maximum Gasteiger partial charge on any atom is 0.171 e. The second kappa shape index (κ2) is 7.36. The topological polar surface area (TPSA) is 46.4 Å². The number of rotatable bonds is 7. The summed E-state index contributed by atoms with van der Waals surface area (Å²) in [5, 5.41) is 9.35. The van der Waals surface area contributed by atoms with E-state index < -0.39 is 0 Å². The van der Waals surface area contributed by atoms with Gasteiger partial charge in [0.15, 0.2) is 5.82 Å². The highest BCUT2D eigenvalue weighted by Crippen LogP contribution is 2.58. The fourth-order valence-electron chi connectivity index (χ4n) is 6.67. The molecule has 4 bridgehead atoms. The van der Waals surface area contributed by atoms with E-state index in [0.717, 1.165) is 75.9 Å². The van der Waals surface area contributed by atoms with E-state index in [9.17, 15) is 0 Å². The molecule has 6 heteroatoms. The number of anilines is 1. The summed E-state index contributed by atoms with van der Waals surface area (Å²) in [5.41, 5.74) is 0.280. The van der Waals surface area contributed by atoms with Gasteiger partial charge in [0.1, 0.15) is 0 Å². The second-order valence-corrected chi connectivity index (χ2v) is 9.60. The maximum absolute atomic E-state index is 5.48. The smallest absolute Gasteiger partial charge is 0.171 e. The normalized spacial score (nSPS) is 35.7. The Labute approximate surface area is 163 Å². The summed E-state index contributed by atoms with van der Waals surface area (Å²) in [6.45, 7) is 9.29. The van der Waals surface area contributed by atoms with Crippen LogP contribution in [0.3, 0.4) is 0 Å². The molecule has 0 radical (unpaired) electrons. The molecule has 2 heterocycles. The summed E-state index contributed by atoms with van der Waals surface area (Å²) in [5.74, 6) is 3.91. The molecule has 0 aromatic carbocycles. The monoisotopic (exact) mass is 373 g/mol. The van der Waals surface area contributed by atoms with Gasteiger partial charge in [-0.15, -0.1) is 5.10 Å². The van der Waals surface area contributed by atoms with E-state index in [1.807, 2.05) is 0 Å². The first-order chi connectivity index (χ1) is 13.2. The zero-order chi connectivity index (χ0) is 18.3. The van der Waals surface area contributed by atoms with E-state index in [2.05, 4.69) is 32.7 Å². The van der Waals surface area contributed by atoms with Gasteiger partial charge < -0.3 is 9.64 Å². The van der Waals surface area contributed by atoms with Crippen molar-refractivity contribution in [3.8, 4) is 0 Å². The van der Waals surface area contributed by atoms with Crippen LogP contribution in [-0.2, 0) is 10.3 Å². The Hall–Kier alpha value is -1.14. The lowest BCUT2D eigenvalue weighted by atomic mass is 9.53. The third-order valence-electron chi connectivity index (χ3n) is 7.58. The van der Waals surface area contributed by atoms with Gasteiger partial charge in [-0.1, -0.05) is 12.1 Å². The molecule has 0 spiro atoms. The predicted molar refractivity (Wildman–Crippen MR) is 106 cm³/mol. The first-order valence-electron chi connectivity index (χ1n) is 11.2. The Bertz CT molecular complexity index is 603. The third-order valence-corrected chi connectivity index (χ3v) is 7.58. The van der Waals surface area contributed by atoms with Gasteiger partial charge in [0, 0.05) is 32.7 Å². The number of hydrogen-bond donors (Lipinski definition) is 0. The molecule has 150 valence electrons. The Morgan fingerprint density at radius 3 is 2.37 bits per heavy atom. The van der Waals surface area contributed by atoms with Gasteiger partial charge in [-0.25, -0.2) is 4.68 Å². The first-order valence-corrected chi connectivity index (χ1v) is 11.2. The van der Waals surface area contributed by atoms with Crippen LogP contribution in [0.4, 0.5) is 5.82 Å². The average Bonchev–Trinajstić information content (AvgIpc) is 3.16. The van der Waals surface area contributed by atoms with Crippen LogP contribution in [-0.4, -0.2) is 65.8 Å². The molecule has 0 N–H and O–H groups in total. The minimum Gasteiger partial charge on any atom is -0.379 e. The molecule has 0 amide bonds. The van der Waals surface area contributed by atoms with Crippen LogP contribution >= 0.6 is 0 Å². The predicted octanol–water partition coefficient (Wildman–Crippen LogP) is 2.75. The van der Waals surface area contributed by atoms with E-state index in [-0.39, 0.29) is 5.54 Å². The number of hydrogen-bond acceptors (Lipinski definition) is 5. The Kier molecular flexibility index (Phi) is 4.88. The second-order valence-electron chi connectivity index (χ2n) is 9.60. The maximum atomic E-state index is 5.48. The molecule has 6 rings (SSSR count). The van der Waals surface area contributed by atoms with Crippen LogP contribution in [0.15, 0.2) is 6.20 Å². The largest absolute Gasteiger partial charge is 0.379 e. The molecule has 6 nitrogen and oxygen atoms in total. The number of ether oxygens (including phenoxy) is 1. The number of nitrogens with zero attached hydrogens (tertiary/aromatic N) is 5. The van der Waals surface area contributed by atoms with E-state index >= 15 is 0 Å². The summed E-state index contributed by atoms with van der Waals surface area (Å²) >= 11 is 0. The molecule has 0 atom stereocenters. The zero-order valence-corrected chi connectivity index (χ0v) is 16.9. The SMILES string of the molecule is CCCN(CCN1CCOCC1)c1cn(C23CC4CC(CC(C4)C2)C3)nn1. The lowest BCUT2D eigenvalue weighted by Gasteiger charge is -2.56. The van der Waals surface area contributed by atoms with Crippen molar-refractivity contribution in [2.24, 2.45) is 17.8 Å². The average molecular weight is 374 g/mol. The van der Waals surface area contributed by atoms with E-state index in [1.165, 1.54) is 38.5 Å². The highest BCUT2D eigenvalue weighted by atomic mass is 16.5. The molecule has 4 saturated carbocycles. The van der Waals surface area contributed by atoms with Crippen molar-refractivity contribution in [3.05, 3.63) is 6.20 Å². The van der Waals surface area contributed by atoms with E-state index in [0.29, 0.717) is 0 Å². The van der Waals surface area contributed by atoms with Crippen molar-refractivity contribution in [2.45, 2.75) is 57.4 Å². The summed E-state index contributed by atoms with van der Waals surface area (Å²) < 4.78 is 7.77. The van der Waals surface area contributed by atoms with Gasteiger partial charge in [-0.3, -0.25) is 4.90 Å². The van der Waals surface area contributed by atoms with Gasteiger partial charge in [-0.05, 0) is 62.7 Å². The minimum atomic E-state index is 0.280. The van der Waals surface area contributed by atoms with Crippen LogP contribution < -0.4 is 4.90 Å². The van der Waals surface area contributed by atoms with Crippen molar-refractivity contribution < 1.29 is 4.74 Å². The van der Waals surface area contributed by atoms with Crippen LogP contribution in [0.25, 0.3) is 0 Å². The highest BCUT2D eigenvalue weighted by Gasteiger charge is 2.52. The van der Waals surface area contributed by atoms with Gasteiger partial charge >= 0.3 is 0 Å². The fourth-order valence-corrected chi connectivity index (χ4v) is 6.67. The Morgan fingerprint density at radius 2 is 1.74 bits per heavy atom. The van der Waals surface area contributed by atoms with Crippen LogP contribution in [0.5, 0.6) is 0 Å². The van der Waals surface area contributed by atoms with Crippen molar-refractivity contribution in [3.63, 3.8) is 0 Å². The van der Waals surface area contributed by atoms with Crippen LogP contribution in [0, 0.1) is 17.8 Å². The summed E-state index contributed by atoms with van der Waals surface area (Å²) in [7, 11) is 0. The molecule has 27 heavy (non-hydrogen) atoms. The van der Waals surface area contributed by atoms with Gasteiger partial charge in [-0.2, -0.15) is 0 Å². The fraction of sp³-hybridized carbons (Fsp3) is 0.905. The van der Waals surface area contributed by atoms with Crippen molar-refractivity contribution in [1.29, 1.82) is 0 Å². The number of aromatic nitrogens is 3. The van der Waals surface area contributed by atoms with Crippen molar-refractivity contribution in [1.82, 2.24) is 19.9 Å². The lowest BCUT2D eigenvalue weighted by Crippen LogP contribution is -2.52. The molecule has 1 aromatic heterocycles. The van der Waals surface area contributed by atoms with E-state index in [4.69, 9.17) is 9.95 Å². The Balaban J connectivity index is 1.29. The quantitative estimate of drug-likeness (QED) is 0.735. The lowest BCUT2D eigenvalue weighted by molar-refractivity contribution is -0.0502.